The fraction of sp³-hybridized carbons (Fsp3) is 0.857. The first-order valence-electron chi connectivity index (χ1n) is 3.38. The average molecular weight is 144 g/mol. The largest absolute Gasteiger partial charge is 0.453 e. The third kappa shape index (κ3) is 2.25. The van der Waals surface area contributed by atoms with E-state index in [9.17, 15) is 9.90 Å². The van der Waals surface area contributed by atoms with Gasteiger partial charge in [0.25, 0.3) is 0 Å². The van der Waals surface area contributed by atoms with Crippen LogP contribution >= 0.6 is 0 Å². The lowest BCUT2D eigenvalue weighted by atomic mass is 10.1. The molecule has 0 aliphatic carbocycles. The van der Waals surface area contributed by atoms with E-state index in [2.05, 4.69) is 0 Å². The van der Waals surface area contributed by atoms with Gasteiger partial charge in [-0.2, -0.15) is 0 Å². The van der Waals surface area contributed by atoms with E-state index in [0.717, 1.165) is 0 Å². The standard InChI is InChI=1S/C7H14NO2/c1-5-8(6(9)10)7(2,3)4/h5H2,1-4H3. The maximum atomic E-state index is 10.4. The second kappa shape index (κ2) is 2.90. The van der Waals surface area contributed by atoms with Crippen LogP contribution in [0.25, 0.3) is 0 Å². The van der Waals surface area contributed by atoms with Gasteiger partial charge in [-0.3, -0.25) is 0 Å². The van der Waals surface area contributed by atoms with E-state index in [-0.39, 0.29) is 5.54 Å². The van der Waals surface area contributed by atoms with E-state index in [4.69, 9.17) is 0 Å². The average Bonchev–Trinajstić information content (AvgIpc) is 1.60. The van der Waals surface area contributed by atoms with Crippen LogP contribution in [0, 0.1) is 0 Å². The predicted octanol–water partition coefficient (Wildman–Crippen LogP) is 1.66. The number of rotatable bonds is 1. The Hall–Kier alpha value is -0.730. The second-order valence-corrected chi connectivity index (χ2v) is 3.18. The van der Waals surface area contributed by atoms with Crippen LogP contribution in [0.5, 0.6) is 0 Å². The van der Waals surface area contributed by atoms with E-state index < -0.39 is 6.09 Å². The van der Waals surface area contributed by atoms with Crippen molar-refractivity contribution >= 4 is 6.09 Å². The molecule has 0 unspecified atom stereocenters. The summed E-state index contributed by atoms with van der Waals surface area (Å²) >= 11 is 0. The highest BCUT2D eigenvalue weighted by atomic mass is 16.4. The summed E-state index contributed by atoms with van der Waals surface area (Å²) in [6.45, 7) is 7.79. The molecule has 0 spiro atoms. The van der Waals surface area contributed by atoms with Crippen LogP contribution in [0.4, 0.5) is 4.79 Å². The molecule has 0 aromatic rings. The molecule has 0 aromatic heterocycles. The van der Waals surface area contributed by atoms with Crippen LogP contribution in [0.2, 0.25) is 0 Å². The molecule has 0 saturated carbocycles. The van der Waals surface area contributed by atoms with Crippen molar-refractivity contribution in [1.82, 2.24) is 4.90 Å². The summed E-state index contributed by atoms with van der Waals surface area (Å²) in [5, 5.41) is 10.4. The first kappa shape index (κ1) is 9.27. The smallest absolute Gasteiger partial charge is 0.301 e. The van der Waals surface area contributed by atoms with E-state index in [1.165, 1.54) is 4.90 Å². The van der Waals surface area contributed by atoms with Gasteiger partial charge < -0.3 is 4.90 Å². The molecule has 0 aliphatic rings. The molecule has 0 aromatic carbocycles. The SMILES string of the molecule is CCN(C([O])=O)C(C)(C)C. The van der Waals surface area contributed by atoms with Crippen LogP contribution in [0.1, 0.15) is 27.7 Å². The van der Waals surface area contributed by atoms with E-state index in [1.54, 1.807) is 6.92 Å². The summed E-state index contributed by atoms with van der Waals surface area (Å²) in [5.74, 6) is 0. The Bertz CT molecular complexity index is 126. The first-order valence-corrected chi connectivity index (χ1v) is 3.38. The van der Waals surface area contributed by atoms with Crippen molar-refractivity contribution in [1.29, 1.82) is 0 Å². The monoisotopic (exact) mass is 144 g/mol. The topological polar surface area (TPSA) is 40.2 Å². The molecule has 0 N–H and O–H groups in total. The Morgan fingerprint density at radius 1 is 1.40 bits per heavy atom. The highest BCUT2D eigenvalue weighted by Crippen LogP contribution is 2.12. The summed E-state index contributed by atoms with van der Waals surface area (Å²) in [5.41, 5.74) is -0.340. The molecule has 0 aliphatic heterocycles. The molecule has 59 valence electrons. The van der Waals surface area contributed by atoms with Gasteiger partial charge >= 0.3 is 6.09 Å². The molecule has 3 nitrogen and oxygen atoms in total. The lowest BCUT2D eigenvalue weighted by Crippen LogP contribution is -2.44. The third-order valence-corrected chi connectivity index (χ3v) is 1.35. The van der Waals surface area contributed by atoms with Gasteiger partial charge in [0.15, 0.2) is 0 Å². The van der Waals surface area contributed by atoms with E-state index >= 15 is 0 Å². The Morgan fingerprint density at radius 2 is 1.80 bits per heavy atom. The zero-order chi connectivity index (χ0) is 8.36. The fourth-order valence-electron chi connectivity index (χ4n) is 0.877. The highest BCUT2D eigenvalue weighted by molar-refractivity contribution is 5.65. The van der Waals surface area contributed by atoms with E-state index in [0.29, 0.717) is 6.54 Å². The van der Waals surface area contributed by atoms with Gasteiger partial charge in [-0.1, -0.05) is 0 Å². The summed E-state index contributed by atoms with van der Waals surface area (Å²) in [6, 6.07) is 0. The first-order chi connectivity index (χ1) is 4.39. The number of hydrogen-bond donors (Lipinski definition) is 0. The normalized spacial score (nSPS) is 11.2. The molecule has 0 bridgehead atoms. The van der Waals surface area contributed by atoms with Crippen molar-refractivity contribution < 1.29 is 9.90 Å². The number of carbonyl (C=O) groups excluding carboxylic acids is 1. The summed E-state index contributed by atoms with van der Waals surface area (Å²) in [4.78, 5) is 11.7. The van der Waals surface area contributed by atoms with E-state index in [1.807, 2.05) is 20.8 Å². The molecule has 0 rings (SSSR count). The molecular formula is C7H14NO2. The molecule has 0 saturated heterocycles. The van der Waals surface area contributed by atoms with Crippen molar-refractivity contribution in [2.45, 2.75) is 33.2 Å². The molecular weight excluding hydrogens is 130 g/mol. The van der Waals surface area contributed by atoms with Gasteiger partial charge in [-0.15, -0.1) is 0 Å². The third-order valence-electron chi connectivity index (χ3n) is 1.35. The lowest BCUT2D eigenvalue weighted by Gasteiger charge is -2.30. The van der Waals surface area contributed by atoms with Crippen LogP contribution < -0.4 is 0 Å². The maximum Gasteiger partial charge on any atom is 0.453 e. The number of carbonyl (C=O) groups is 1. The summed E-state index contributed by atoms with van der Waals surface area (Å²) in [6.07, 6.45) is -1.10. The van der Waals surface area contributed by atoms with Gasteiger partial charge in [0.2, 0.25) is 0 Å². The zero-order valence-corrected chi connectivity index (χ0v) is 6.97. The minimum atomic E-state index is -1.10. The van der Waals surface area contributed by atoms with Gasteiger partial charge in [0.1, 0.15) is 0 Å². The van der Waals surface area contributed by atoms with Crippen LogP contribution in [0.3, 0.4) is 0 Å². The van der Waals surface area contributed by atoms with Crippen molar-refractivity contribution in [3.63, 3.8) is 0 Å². The van der Waals surface area contributed by atoms with Gasteiger partial charge in [0.05, 0.1) is 0 Å². The second-order valence-electron chi connectivity index (χ2n) is 3.18. The quantitative estimate of drug-likeness (QED) is 0.551. The van der Waals surface area contributed by atoms with Crippen molar-refractivity contribution in [2.24, 2.45) is 0 Å². The van der Waals surface area contributed by atoms with Gasteiger partial charge in [-0.25, -0.2) is 9.90 Å². The number of nitrogens with zero attached hydrogens (tertiary/aromatic N) is 1. The predicted molar refractivity (Wildman–Crippen MR) is 38.2 cm³/mol. The molecule has 0 fully saturated rings. The molecule has 0 atom stereocenters. The van der Waals surface area contributed by atoms with Crippen molar-refractivity contribution in [3.05, 3.63) is 0 Å². The van der Waals surface area contributed by atoms with Crippen LogP contribution in [-0.2, 0) is 5.11 Å². The van der Waals surface area contributed by atoms with Crippen molar-refractivity contribution in [3.8, 4) is 0 Å². The Labute approximate surface area is 61.6 Å². The zero-order valence-electron chi connectivity index (χ0n) is 6.97. The molecule has 10 heavy (non-hydrogen) atoms. The molecule has 0 heterocycles. The Balaban J connectivity index is 4.22. The molecule has 1 radical (unpaired) electrons. The van der Waals surface area contributed by atoms with Gasteiger partial charge in [-0.05, 0) is 27.7 Å². The molecule has 1 amide bonds. The minimum absolute atomic E-state index is 0.340. The summed E-state index contributed by atoms with van der Waals surface area (Å²) < 4.78 is 0. The fourth-order valence-corrected chi connectivity index (χ4v) is 0.877. The summed E-state index contributed by atoms with van der Waals surface area (Å²) in [7, 11) is 0. The van der Waals surface area contributed by atoms with Gasteiger partial charge in [0, 0.05) is 12.1 Å². The molecule has 3 heteroatoms. The van der Waals surface area contributed by atoms with Crippen LogP contribution in [-0.4, -0.2) is 23.1 Å². The Kier molecular flexibility index (Phi) is 2.69. The maximum absolute atomic E-state index is 10.4. The lowest BCUT2D eigenvalue weighted by molar-refractivity contribution is 0.0831. The minimum Gasteiger partial charge on any atom is -0.301 e. The van der Waals surface area contributed by atoms with Crippen molar-refractivity contribution in [2.75, 3.05) is 6.54 Å². The number of hydrogen-bond acceptors (Lipinski definition) is 1. The Morgan fingerprint density at radius 3 is 1.80 bits per heavy atom. The van der Waals surface area contributed by atoms with Crippen LogP contribution in [0.15, 0.2) is 0 Å². The number of amides is 1. The highest BCUT2D eigenvalue weighted by Gasteiger charge is 2.24.